The van der Waals surface area contributed by atoms with Gasteiger partial charge in [0.1, 0.15) is 5.60 Å². The molecule has 4 nitrogen and oxygen atoms in total. The Labute approximate surface area is 120 Å². The van der Waals surface area contributed by atoms with Crippen LogP contribution in [0.2, 0.25) is 0 Å². The van der Waals surface area contributed by atoms with Crippen molar-refractivity contribution in [2.45, 2.75) is 32.9 Å². The smallest absolute Gasteiger partial charge is 0.407 e. The quantitative estimate of drug-likeness (QED) is 0.918. The highest BCUT2D eigenvalue weighted by atomic mass is 79.9. The molecule has 0 saturated carbocycles. The fourth-order valence-electron chi connectivity index (χ4n) is 1.37. The van der Waals surface area contributed by atoms with Crippen LogP contribution in [0.15, 0.2) is 16.6 Å². The fourth-order valence-corrected chi connectivity index (χ4v) is 1.82. The van der Waals surface area contributed by atoms with Crippen LogP contribution < -0.4 is 10.1 Å². The minimum absolute atomic E-state index is 0.0124. The van der Waals surface area contributed by atoms with Gasteiger partial charge in [-0.3, -0.25) is 0 Å². The van der Waals surface area contributed by atoms with Gasteiger partial charge in [0.2, 0.25) is 0 Å². The first-order chi connectivity index (χ1) is 8.74. The minimum Gasteiger partial charge on any atom is -0.494 e. The van der Waals surface area contributed by atoms with Crippen LogP contribution >= 0.6 is 15.9 Å². The first kappa shape index (κ1) is 15.8. The monoisotopic (exact) mass is 333 g/mol. The molecule has 0 aliphatic rings. The maximum absolute atomic E-state index is 14.0. The number of nitrogens with one attached hydrogen (secondary N) is 1. The highest BCUT2D eigenvalue weighted by Gasteiger charge is 2.18. The number of methoxy groups -OCH3 is 1. The number of hydrogen-bond acceptors (Lipinski definition) is 3. The molecule has 0 aliphatic carbocycles. The highest BCUT2D eigenvalue weighted by molar-refractivity contribution is 9.10. The Kier molecular flexibility index (Phi) is 5.17. The Hall–Kier alpha value is -1.30. The van der Waals surface area contributed by atoms with Gasteiger partial charge < -0.3 is 14.8 Å². The second-order valence-electron chi connectivity index (χ2n) is 4.90. The predicted molar refractivity (Wildman–Crippen MR) is 73.7 cm³/mol. The van der Waals surface area contributed by atoms with Gasteiger partial charge in [-0.15, -0.1) is 0 Å². The Morgan fingerprint density at radius 1 is 1.42 bits per heavy atom. The zero-order chi connectivity index (χ0) is 14.6. The Morgan fingerprint density at radius 3 is 2.58 bits per heavy atom. The normalized spacial score (nSPS) is 11.1. The molecule has 1 rings (SSSR count). The number of amides is 1. The molecular formula is C13H17BrFNO3. The Morgan fingerprint density at radius 2 is 2.05 bits per heavy atom. The van der Waals surface area contributed by atoms with E-state index in [1.807, 2.05) is 0 Å². The zero-order valence-electron chi connectivity index (χ0n) is 11.3. The van der Waals surface area contributed by atoms with Gasteiger partial charge in [0.25, 0.3) is 0 Å². The van der Waals surface area contributed by atoms with Crippen LogP contribution in [-0.4, -0.2) is 18.8 Å². The number of benzene rings is 1. The molecule has 1 amide bonds. The third-order valence-electron chi connectivity index (χ3n) is 2.18. The van der Waals surface area contributed by atoms with Crippen molar-refractivity contribution >= 4 is 22.0 Å². The van der Waals surface area contributed by atoms with Crippen LogP contribution in [0.5, 0.6) is 5.75 Å². The van der Waals surface area contributed by atoms with E-state index in [-0.39, 0.29) is 12.3 Å². The number of rotatable bonds is 3. The molecule has 0 fully saturated rings. The molecule has 0 heterocycles. The van der Waals surface area contributed by atoms with E-state index in [9.17, 15) is 9.18 Å². The van der Waals surface area contributed by atoms with Gasteiger partial charge in [0.15, 0.2) is 11.6 Å². The van der Waals surface area contributed by atoms with Crippen LogP contribution in [-0.2, 0) is 11.3 Å². The average Bonchev–Trinajstić information content (AvgIpc) is 2.26. The molecule has 0 aliphatic heterocycles. The number of carbonyl (C=O) groups is 1. The van der Waals surface area contributed by atoms with Gasteiger partial charge in [0, 0.05) is 10.0 Å². The lowest BCUT2D eigenvalue weighted by atomic mass is 10.2. The lowest BCUT2D eigenvalue weighted by Crippen LogP contribution is -2.32. The summed E-state index contributed by atoms with van der Waals surface area (Å²) in [6, 6.07) is 3.17. The van der Waals surface area contributed by atoms with E-state index in [1.54, 1.807) is 26.8 Å². The van der Waals surface area contributed by atoms with E-state index in [0.29, 0.717) is 10.0 Å². The van der Waals surface area contributed by atoms with Gasteiger partial charge >= 0.3 is 6.09 Å². The second-order valence-corrected chi connectivity index (χ2v) is 5.75. The highest BCUT2D eigenvalue weighted by Crippen LogP contribution is 2.27. The van der Waals surface area contributed by atoms with Gasteiger partial charge in [-0.05, 0) is 32.9 Å². The summed E-state index contributed by atoms with van der Waals surface area (Å²) in [6.07, 6.45) is -0.596. The summed E-state index contributed by atoms with van der Waals surface area (Å²) in [5.41, 5.74) is -0.279. The number of hydrogen-bond donors (Lipinski definition) is 1. The van der Waals surface area contributed by atoms with Crippen molar-refractivity contribution in [3.05, 3.63) is 28.0 Å². The number of alkyl carbamates (subject to hydrolysis) is 1. The lowest BCUT2D eigenvalue weighted by molar-refractivity contribution is 0.0523. The van der Waals surface area contributed by atoms with Crippen LogP contribution in [0.3, 0.4) is 0 Å². The summed E-state index contributed by atoms with van der Waals surface area (Å²) in [5, 5.41) is 2.50. The Balaban J connectivity index is 2.75. The molecule has 1 N–H and O–H groups in total. The molecule has 0 aromatic heterocycles. The number of carbonyl (C=O) groups excluding carboxylic acids is 1. The summed E-state index contributed by atoms with van der Waals surface area (Å²) in [4.78, 5) is 11.5. The van der Waals surface area contributed by atoms with Crippen LogP contribution in [0.1, 0.15) is 26.3 Å². The third-order valence-corrected chi connectivity index (χ3v) is 2.92. The minimum atomic E-state index is -0.596. The zero-order valence-corrected chi connectivity index (χ0v) is 12.9. The van der Waals surface area contributed by atoms with Crippen molar-refractivity contribution in [2.24, 2.45) is 0 Å². The standard InChI is InChI=1S/C13H17BrFNO3/c1-13(2,3)19-12(17)16-7-8-9(14)5-6-10(18-4)11(8)15/h5-6H,7H2,1-4H3,(H,16,17). The maximum atomic E-state index is 14.0. The summed E-state index contributed by atoms with van der Waals surface area (Å²) >= 11 is 3.23. The lowest BCUT2D eigenvalue weighted by Gasteiger charge is -2.20. The maximum Gasteiger partial charge on any atom is 0.407 e. The molecule has 0 bridgehead atoms. The molecule has 0 saturated heterocycles. The first-order valence-electron chi connectivity index (χ1n) is 5.72. The van der Waals surface area contributed by atoms with Gasteiger partial charge in [0.05, 0.1) is 13.7 Å². The molecule has 106 valence electrons. The van der Waals surface area contributed by atoms with E-state index < -0.39 is 17.5 Å². The Bertz CT molecular complexity index is 472. The predicted octanol–water partition coefficient (Wildman–Crippen LogP) is 3.62. The van der Waals surface area contributed by atoms with Crippen LogP contribution in [0.25, 0.3) is 0 Å². The van der Waals surface area contributed by atoms with Crippen LogP contribution in [0.4, 0.5) is 9.18 Å². The fraction of sp³-hybridized carbons (Fsp3) is 0.462. The molecule has 19 heavy (non-hydrogen) atoms. The van der Waals surface area contributed by atoms with Crippen molar-refractivity contribution < 1.29 is 18.7 Å². The molecule has 0 unspecified atom stereocenters. The van der Waals surface area contributed by atoms with E-state index in [4.69, 9.17) is 9.47 Å². The van der Waals surface area contributed by atoms with Crippen molar-refractivity contribution in [3.63, 3.8) is 0 Å². The van der Waals surface area contributed by atoms with E-state index in [2.05, 4.69) is 21.2 Å². The summed E-state index contributed by atoms with van der Waals surface area (Å²) in [6.45, 7) is 5.29. The van der Waals surface area contributed by atoms with Gasteiger partial charge in [-0.2, -0.15) is 0 Å². The molecule has 1 aromatic rings. The molecule has 0 radical (unpaired) electrons. The molecule has 1 aromatic carbocycles. The number of ether oxygens (including phenoxy) is 2. The van der Waals surface area contributed by atoms with Crippen molar-refractivity contribution in [1.29, 1.82) is 0 Å². The van der Waals surface area contributed by atoms with E-state index in [0.717, 1.165) is 0 Å². The summed E-state index contributed by atoms with van der Waals surface area (Å²) in [5.74, 6) is -0.378. The molecule has 6 heteroatoms. The van der Waals surface area contributed by atoms with E-state index >= 15 is 0 Å². The van der Waals surface area contributed by atoms with Crippen molar-refractivity contribution in [1.82, 2.24) is 5.32 Å². The molecule has 0 spiro atoms. The third kappa shape index (κ3) is 4.70. The first-order valence-corrected chi connectivity index (χ1v) is 6.51. The number of halogens is 2. The van der Waals surface area contributed by atoms with Crippen molar-refractivity contribution in [3.8, 4) is 5.75 Å². The second kappa shape index (κ2) is 6.23. The largest absolute Gasteiger partial charge is 0.494 e. The summed E-state index contributed by atoms with van der Waals surface area (Å²) in [7, 11) is 1.39. The molecular weight excluding hydrogens is 317 g/mol. The van der Waals surface area contributed by atoms with Gasteiger partial charge in [-0.1, -0.05) is 15.9 Å². The van der Waals surface area contributed by atoms with E-state index in [1.165, 1.54) is 13.2 Å². The van der Waals surface area contributed by atoms with Crippen molar-refractivity contribution in [2.75, 3.05) is 7.11 Å². The summed E-state index contributed by atoms with van der Waals surface area (Å²) < 4.78 is 24.5. The molecule has 0 atom stereocenters. The average molecular weight is 334 g/mol. The van der Waals surface area contributed by atoms with Gasteiger partial charge in [-0.25, -0.2) is 9.18 Å². The SMILES string of the molecule is COc1ccc(Br)c(CNC(=O)OC(C)(C)C)c1F. The topological polar surface area (TPSA) is 47.6 Å². The van der Waals surface area contributed by atoms with Crippen LogP contribution in [0, 0.1) is 5.82 Å².